The summed E-state index contributed by atoms with van der Waals surface area (Å²) in [5.74, 6) is 2.06. The zero-order valence-electron chi connectivity index (χ0n) is 7.09. The quantitative estimate of drug-likeness (QED) is 0.566. The summed E-state index contributed by atoms with van der Waals surface area (Å²) in [6.07, 6.45) is 2.48. The molecule has 60 valence electrons. The van der Waals surface area contributed by atoms with Gasteiger partial charge in [-0.05, 0) is 5.92 Å². The monoisotopic (exact) mass is 161 g/mol. The SMILES string of the molecule is CCCC(C)C(C)C[S+]=O. The van der Waals surface area contributed by atoms with Crippen LogP contribution in [-0.2, 0) is 15.9 Å². The summed E-state index contributed by atoms with van der Waals surface area (Å²) in [6, 6.07) is 0. The first-order valence-electron chi connectivity index (χ1n) is 3.97. The fraction of sp³-hybridized carbons (Fsp3) is 1.00. The molecule has 0 saturated carbocycles. The second-order valence-electron chi connectivity index (χ2n) is 3.03. The molecule has 0 heterocycles. The van der Waals surface area contributed by atoms with Gasteiger partial charge in [-0.2, -0.15) is 0 Å². The Morgan fingerprint density at radius 3 is 2.30 bits per heavy atom. The summed E-state index contributed by atoms with van der Waals surface area (Å²) in [5.41, 5.74) is 0. The van der Waals surface area contributed by atoms with E-state index in [1.807, 2.05) is 0 Å². The highest BCUT2D eigenvalue weighted by Gasteiger charge is 2.16. The first-order valence-corrected chi connectivity index (χ1v) is 4.88. The van der Waals surface area contributed by atoms with Crippen molar-refractivity contribution in [3.63, 3.8) is 0 Å². The highest BCUT2D eigenvalue weighted by atomic mass is 32.1. The molecule has 0 aliphatic heterocycles. The zero-order chi connectivity index (χ0) is 7.98. The lowest BCUT2D eigenvalue weighted by molar-refractivity contribution is 0.392. The van der Waals surface area contributed by atoms with Crippen molar-refractivity contribution in [2.45, 2.75) is 33.6 Å². The maximum Gasteiger partial charge on any atom is 0.458 e. The molecule has 10 heavy (non-hydrogen) atoms. The van der Waals surface area contributed by atoms with Gasteiger partial charge < -0.3 is 0 Å². The molecule has 2 unspecified atom stereocenters. The Labute approximate surface area is 67.7 Å². The maximum atomic E-state index is 10.2. The molecule has 0 radical (unpaired) electrons. The van der Waals surface area contributed by atoms with Crippen molar-refractivity contribution in [3.05, 3.63) is 0 Å². The van der Waals surface area contributed by atoms with Crippen LogP contribution < -0.4 is 0 Å². The second-order valence-corrected chi connectivity index (χ2v) is 3.60. The van der Waals surface area contributed by atoms with E-state index >= 15 is 0 Å². The van der Waals surface area contributed by atoms with Crippen molar-refractivity contribution in [1.82, 2.24) is 0 Å². The standard InChI is InChI=1S/C8H17OS/c1-4-5-7(2)8(3)6-10-9/h7-8H,4-6H2,1-3H3/q+1. The Morgan fingerprint density at radius 2 is 1.90 bits per heavy atom. The van der Waals surface area contributed by atoms with E-state index in [1.54, 1.807) is 0 Å². The third-order valence-electron chi connectivity index (χ3n) is 2.05. The summed E-state index contributed by atoms with van der Waals surface area (Å²) in [6.45, 7) is 6.57. The van der Waals surface area contributed by atoms with Crippen molar-refractivity contribution in [2.75, 3.05) is 5.75 Å². The first-order chi connectivity index (χ1) is 4.72. The molecule has 0 rings (SSSR count). The van der Waals surface area contributed by atoms with Gasteiger partial charge in [-0.3, -0.25) is 0 Å². The van der Waals surface area contributed by atoms with Gasteiger partial charge in [0, 0.05) is 10.1 Å². The largest absolute Gasteiger partial charge is 0.458 e. The molecule has 2 atom stereocenters. The van der Waals surface area contributed by atoms with Crippen LogP contribution in [0.25, 0.3) is 0 Å². The molecular weight excluding hydrogens is 144 g/mol. The van der Waals surface area contributed by atoms with E-state index in [4.69, 9.17) is 0 Å². The first kappa shape index (κ1) is 10.0. The Kier molecular flexibility index (Phi) is 5.79. The van der Waals surface area contributed by atoms with E-state index < -0.39 is 0 Å². The normalized spacial score (nSPS) is 16.3. The van der Waals surface area contributed by atoms with E-state index in [1.165, 1.54) is 12.8 Å². The minimum atomic E-state index is 0.586. The van der Waals surface area contributed by atoms with Crippen molar-refractivity contribution < 1.29 is 4.21 Å². The van der Waals surface area contributed by atoms with Crippen molar-refractivity contribution in [1.29, 1.82) is 0 Å². The molecule has 0 aliphatic rings. The van der Waals surface area contributed by atoms with Crippen LogP contribution in [0.15, 0.2) is 0 Å². The van der Waals surface area contributed by atoms with Crippen molar-refractivity contribution in [2.24, 2.45) is 11.8 Å². The molecule has 0 fully saturated rings. The predicted octanol–water partition coefficient (Wildman–Crippen LogP) is 2.49. The number of hydrogen-bond donors (Lipinski definition) is 0. The fourth-order valence-corrected chi connectivity index (χ4v) is 1.55. The molecule has 0 N–H and O–H groups in total. The molecule has 0 aromatic rings. The van der Waals surface area contributed by atoms with E-state index in [2.05, 4.69) is 20.8 Å². The average molecular weight is 161 g/mol. The van der Waals surface area contributed by atoms with Gasteiger partial charge >= 0.3 is 11.7 Å². The topological polar surface area (TPSA) is 17.1 Å². The Morgan fingerprint density at radius 1 is 1.30 bits per heavy atom. The molecule has 2 heteroatoms. The summed E-state index contributed by atoms with van der Waals surface area (Å²) < 4.78 is 10.2. The number of rotatable bonds is 5. The molecule has 0 spiro atoms. The van der Waals surface area contributed by atoms with Crippen LogP contribution in [0.2, 0.25) is 0 Å². The lowest BCUT2D eigenvalue weighted by Gasteiger charge is -2.11. The third kappa shape index (κ3) is 3.94. The summed E-state index contributed by atoms with van der Waals surface area (Å²) in [4.78, 5) is 0. The lowest BCUT2D eigenvalue weighted by Crippen LogP contribution is -2.11. The van der Waals surface area contributed by atoms with E-state index in [9.17, 15) is 4.21 Å². The van der Waals surface area contributed by atoms with Crippen LogP contribution in [0.5, 0.6) is 0 Å². The van der Waals surface area contributed by atoms with Crippen LogP contribution >= 0.6 is 0 Å². The second kappa shape index (κ2) is 5.78. The van der Waals surface area contributed by atoms with Gasteiger partial charge in [0.1, 0.15) is 0 Å². The Hall–Kier alpha value is 0.0200. The molecule has 0 saturated heterocycles. The van der Waals surface area contributed by atoms with Crippen molar-refractivity contribution in [3.8, 4) is 0 Å². The minimum Gasteiger partial charge on any atom is -0.0654 e. The maximum absolute atomic E-state index is 10.2. The molecule has 0 bridgehead atoms. The van der Waals surface area contributed by atoms with E-state index in [-0.39, 0.29) is 0 Å². The lowest BCUT2D eigenvalue weighted by atomic mass is 9.93. The highest BCUT2D eigenvalue weighted by molar-refractivity contribution is 7.65. The minimum absolute atomic E-state index is 0.586. The Balaban J connectivity index is 3.47. The highest BCUT2D eigenvalue weighted by Crippen LogP contribution is 2.15. The van der Waals surface area contributed by atoms with Crippen LogP contribution in [0.3, 0.4) is 0 Å². The van der Waals surface area contributed by atoms with Gasteiger partial charge in [0.05, 0.1) is 0 Å². The third-order valence-corrected chi connectivity index (χ3v) is 2.71. The molecule has 0 aromatic heterocycles. The van der Waals surface area contributed by atoms with Crippen LogP contribution in [-0.4, -0.2) is 5.75 Å². The van der Waals surface area contributed by atoms with E-state index in [0.717, 1.165) is 5.75 Å². The van der Waals surface area contributed by atoms with Gasteiger partial charge in [-0.15, -0.1) is 0 Å². The van der Waals surface area contributed by atoms with Gasteiger partial charge in [-0.25, -0.2) is 0 Å². The van der Waals surface area contributed by atoms with Gasteiger partial charge in [0.25, 0.3) is 0 Å². The summed E-state index contributed by atoms with van der Waals surface area (Å²) in [5, 5.41) is 0. The van der Waals surface area contributed by atoms with Crippen LogP contribution in [0, 0.1) is 11.8 Å². The van der Waals surface area contributed by atoms with Gasteiger partial charge in [0.2, 0.25) is 5.75 Å². The molecule has 1 nitrogen and oxygen atoms in total. The smallest absolute Gasteiger partial charge is 0.0654 e. The molecule has 0 aliphatic carbocycles. The van der Waals surface area contributed by atoms with Crippen LogP contribution in [0.1, 0.15) is 33.6 Å². The Bertz CT molecular complexity index is 93.3. The molecule has 0 aromatic carbocycles. The van der Waals surface area contributed by atoms with Crippen molar-refractivity contribution >= 4 is 11.7 Å². The van der Waals surface area contributed by atoms with Gasteiger partial charge in [0.15, 0.2) is 0 Å². The van der Waals surface area contributed by atoms with Crippen LogP contribution in [0.4, 0.5) is 0 Å². The average Bonchev–Trinajstić information content (AvgIpc) is 1.89. The fourth-order valence-electron chi connectivity index (χ4n) is 1.01. The molecular formula is C8H17OS+. The van der Waals surface area contributed by atoms with E-state index in [0.29, 0.717) is 23.5 Å². The molecule has 0 amide bonds. The predicted molar refractivity (Wildman–Crippen MR) is 46.2 cm³/mol. The zero-order valence-corrected chi connectivity index (χ0v) is 7.91. The summed E-state index contributed by atoms with van der Waals surface area (Å²) >= 11 is 0.714. The summed E-state index contributed by atoms with van der Waals surface area (Å²) in [7, 11) is 0. The van der Waals surface area contributed by atoms with Gasteiger partial charge in [-0.1, -0.05) is 33.6 Å². The number of hydrogen-bond acceptors (Lipinski definition) is 1.